The average Bonchev–Trinajstić information content (AvgIpc) is 2.89. The van der Waals surface area contributed by atoms with Crippen molar-refractivity contribution in [1.29, 1.82) is 0 Å². The van der Waals surface area contributed by atoms with Crippen LogP contribution >= 0.6 is 0 Å². The Hall–Kier alpha value is -3.16. The number of nitrogens with zero attached hydrogens (tertiary/aromatic N) is 3. The molecule has 1 aromatic carbocycles. The van der Waals surface area contributed by atoms with Crippen LogP contribution in [0.25, 0.3) is 0 Å². The van der Waals surface area contributed by atoms with Gasteiger partial charge in [0.25, 0.3) is 5.91 Å². The summed E-state index contributed by atoms with van der Waals surface area (Å²) in [6.45, 7) is 1.45. The van der Waals surface area contributed by atoms with Crippen molar-refractivity contribution in [2.24, 2.45) is 7.05 Å². The Labute approximate surface area is 132 Å². The summed E-state index contributed by atoms with van der Waals surface area (Å²) in [7, 11) is 3.18. The molecular formula is C15H16N4O4. The lowest BCUT2D eigenvalue weighted by Gasteiger charge is -2.15. The molecule has 0 saturated carbocycles. The van der Waals surface area contributed by atoms with Crippen molar-refractivity contribution < 1.29 is 19.5 Å². The van der Waals surface area contributed by atoms with Gasteiger partial charge in [-0.15, -0.1) is 0 Å². The van der Waals surface area contributed by atoms with E-state index in [2.05, 4.69) is 10.4 Å². The molecule has 2 N–H and O–H groups in total. The van der Waals surface area contributed by atoms with Crippen LogP contribution in [0.3, 0.4) is 0 Å². The molecular weight excluding hydrogens is 300 g/mol. The SMILES string of the molecule is CC(=O)N(C)c1ccc(NC(=O)c2nn(C)cc2C(=O)O)cc1. The van der Waals surface area contributed by atoms with Gasteiger partial charge in [-0.1, -0.05) is 0 Å². The summed E-state index contributed by atoms with van der Waals surface area (Å²) in [5.41, 5.74) is 0.820. The van der Waals surface area contributed by atoms with E-state index in [4.69, 9.17) is 5.11 Å². The van der Waals surface area contributed by atoms with Gasteiger partial charge < -0.3 is 15.3 Å². The molecule has 23 heavy (non-hydrogen) atoms. The first-order valence-corrected chi connectivity index (χ1v) is 6.72. The summed E-state index contributed by atoms with van der Waals surface area (Å²) in [6.07, 6.45) is 1.27. The van der Waals surface area contributed by atoms with E-state index < -0.39 is 11.9 Å². The van der Waals surface area contributed by atoms with Gasteiger partial charge >= 0.3 is 5.97 Å². The van der Waals surface area contributed by atoms with E-state index in [1.807, 2.05) is 0 Å². The van der Waals surface area contributed by atoms with Crippen LogP contribution in [0.15, 0.2) is 30.5 Å². The number of rotatable bonds is 4. The van der Waals surface area contributed by atoms with Crippen molar-refractivity contribution in [1.82, 2.24) is 9.78 Å². The Kier molecular flexibility index (Phi) is 4.44. The summed E-state index contributed by atoms with van der Waals surface area (Å²) in [5.74, 6) is -1.95. The molecule has 0 bridgehead atoms. The van der Waals surface area contributed by atoms with E-state index >= 15 is 0 Å². The number of carbonyl (C=O) groups excluding carboxylic acids is 2. The highest BCUT2D eigenvalue weighted by atomic mass is 16.4. The van der Waals surface area contributed by atoms with Gasteiger partial charge in [-0.25, -0.2) is 4.79 Å². The van der Waals surface area contributed by atoms with Crippen molar-refractivity contribution in [3.05, 3.63) is 41.7 Å². The van der Waals surface area contributed by atoms with E-state index in [-0.39, 0.29) is 17.2 Å². The number of carbonyl (C=O) groups is 3. The number of aromatic nitrogens is 2. The lowest BCUT2D eigenvalue weighted by molar-refractivity contribution is -0.116. The topological polar surface area (TPSA) is 105 Å². The second-order valence-electron chi connectivity index (χ2n) is 4.95. The molecule has 0 unspecified atom stereocenters. The maximum absolute atomic E-state index is 12.2. The predicted octanol–water partition coefficient (Wildman–Crippen LogP) is 1.35. The van der Waals surface area contributed by atoms with Crippen LogP contribution in [0.4, 0.5) is 11.4 Å². The minimum atomic E-state index is -1.22. The molecule has 0 fully saturated rings. The maximum atomic E-state index is 12.2. The van der Waals surface area contributed by atoms with Gasteiger partial charge in [-0.3, -0.25) is 14.3 Å². The molecule has 0 atom stereocenters. The Balaban J connectivity index is 2.18. The summed E-state index contributed by atoms with van der Waals surface area (Å²) >= 11 is 0. The number of aromatic carboxylic acids is 1. The molecule has 2 rings (SSSR count). The molecule has 8 heteroatoms. The van der Waals surface area contributed by atoms with Gasteiger partial charge in [0.1, 0.15) is 5.56 Å². The second kappa shape index (κ2) is 6.30. The molecule has 8 nitrogen and oxygen atoms in total. The molecule has 120 valence electrons. The summed E-state index contributed by atoms with van der Waals surface area (Å²) in [6, 6.07) is 6.59. The number of anilines is 2. The molecule has 0 saturated heterocycles. The zero-order valence-corrected chi connectivity index (χ0v) is 12.9. The number of carboxylic acids is 1. The molecule has 0 aliphatic rings. The highest BCUT2D eigenvalue weighted by Gasteiger charge is 2.21. The van der Waals surface area contributed by atoms with Gasteiger partial charge in [-0.2, -0.15) is 5.10 Å². The summed E-state index contributed by atoms with van der Waals surface area (Å²) in [5, 5.41) is 15.5. The number of aryl methyl sites for hydroxylation is 1. The molecule has 0 aliphatic carbocycles. The number of hydrogen-bond donors (Lipinski definition) is 2. The second-order valence-corrected chi connectivity index (χ2v) is 4.95. The van der Waals surface area contributed by atoms with E-state index in [0.29, 0.717) is 11.4 Å². The third-order valence-electron chi connectivity index (χ3n) is 3.26. The first-order chi connectivity index (χ1) is 10.8. The van der Waals surface area contributed by atoms with Crippen LogP contribution in [0.1, 0.15) is 27.8 Å². The van der Waals surface area contributed by atoms with Crippen molar-refractivity contribution in [3.63, 3.8) is 0 Å². The van der Waals surface area contributed by atoms with Crippen molar-refractivity contribution in [2.75, 3.05) is 17.3 Å². The van der Waals surface area contributed by atoms with Crippen LogP contribution < -0.4 is 10.2 Å². The standard InChI is InChI=1S/C15H16N4O4/c1-9(20)19(3)11-6-4-10(5-7-11)16-14(21)13-12(15(22)23)8-18(2)17-13/h4-8H,1-3H3,(H,16,21)(H,22,23). The third kappa shape index (κ3) is 3.54. The monoisotopic (exact) mass is 316 g/mol. The minimum Gasteiger partial charge on any atom is -0.478 e. The normalized spacial score (nSPS) is 10.2. The van der Waals surface area contributed by atoms with E-state index in [0.717, 1.165) is 0 Å². The van der Waals surface area contributed by atoms with Crippen LogP contribution in [0, 0.1) is 0 Å². The minimum absolute atomic E-state index is 0.110. The van der Waals surface area contributed by atoms with Gasteiger partial charge in [0, 0.05) is 38.6 Å². The predicted molar refractivity (Wildman–Crippen MR) is 83.6 cm³/mol. The largest absolute Gasteiger partial charge is 0.478 e. The quantitative estimate of drug-likeness (QED) is 0.886. The zero-order chi connectivity index (χ0) is 17.1. The molecule has 0 aliphatic heterocycles. The Morgan fingerprint density at radius 3 is 2.35 bits per heavy atom. The molecule has 2 aromatic rings. The maximum Gasteiger partial charge on any atom is 0.339 e. The molecule has 0 radical (unpaired) electrons. The lowest BCUT2D eigenvalue weighted by Crippen LogP contribution is -2.22. The molecule has 2 amide bonds. The van der Waals surface area contributed by atoms with E-state index in [9.17, 15) is 14.4 Å². The Morgan fingerprint density at radius 1 is 1.22 bits per heavy atom. The third-order valence-corrected chi connectivity index (χ3v) is 3.26. The fraction of sp³-hybridized carbons (Fsp3) is 0.200. The van der Waals surface area contributed by atoms with Gasteiger partial charge in [0.05, 0.1) is 0 Å². The number of benzene rings is 1. The number of carboxylic acid groups (broad SMARTS) is 1. The van der Waals surface area contributed by atoms with Crippen LogP contribution in [0.2, 0.25) is 0 Å². The van der Waals surface area contributed by atoms with Crippen molar-refractivity contribution in [3.8, 4) is 0 Å². The van der Waals surface area contributed by atoms with Crippen molar-refractivity contribution >= 4 is 29.2 Å². The number of amides is 2. The van der Waals surface area contributed by atoms with E-state index in [1.165, 1.54) is 29.7 Å². The van der Waals surface area contributed by atoms with Gasteiger partial charge in [0.2, 0.25) is 5.91 Å². The highest BCUT2D eigenvalue weighted by Crippen LogP contribution is 2.18. The van der Waals surface area contributed by atoms with Crippen LogP contribution in [0.5, 0.6) is 0 Å². The first-order valence-electron chi connectivity index (χ1n) is 6.72. The van der Waals surface area contributed by atoms with Crippen LogP contribution in [-0.4, -0.2) is 39.7 Å². The molecule has 1 heterocycles. The van der Waals surface area contributed by atoms with Crippen molar-refractivity contribution in [2.45, 2.75) is 6.92 Å². The summed E-state index contributed by atoms with van der Waals surface area (Å²) < 4.78 is 1.27. The fourth-order valence-electron chi connectivity index (χ4n) is 1.95. The van der Waals surface area contributed by atoms with E-state index in [1.54, 1.807) is 31.3 Å². The van der Waals surface area contributed by atoms with Gasteiger partial charge in [-0.05, 0) is 24.3 Å². The first kappa shape index (κ1) is 16.2. The Bertz CT molecular complexity index is 764. The highest BCUT2D eigenvalue weighted by molar-refractivity contribution is 6.09. The van der Waals surface area contributed by atoms with Crippen LogP contribution in [-0.2, 0) is 11.8 Å². The average molecular weight is 316 g/mol. The van der Waals surface area contributed by atoms with Gasteiger partial charge in [0.15, 0.2) is 5.69 Å². The summed E-state index contributed by atoms with van der Waals surface area (Å²) in [4.78, 5) is 36.0. The molecule has 1 aromatic heterocycles. The zero-order valence-electron chi connectivity index (χ0n) is 12.9. The molecule has 0 spiro atoms. The number of hydrogen-bond acceptors (Lipinski definition) is 4. The number of nitrogens with one attached hydrogen (secondary N) is 1. The smallest absolute Gasteiger partial charge is 0.339 e. The fourth-order valence-corrected chi connectivity index (χ4v) is 1.95. The lowest BCUT2D eigenvalue weighted by atomic mass is 10.2. The Morgan fingerprint density at radius 2 is 1.83 bits per heavy atom.